The summed E-state index contributed by atoms with van der Waals surface area (Å²) in [7, 11) is 0. The molecule has 2 rings (SSSR count). The van der Waals surface area contributed by atoms with E-state index in [4.69, 9.17) is 22.1 Å². The topological polar surface area (TPSA) is 64.3 Å². The van der Waals surface area contributed by atoms with E-state index in [1.165, 1.54) is 0 Å². The van der Waals surface area contributed by atoms with Gasteiger partial charge in [0.1, 0.15) is 5.75 Å². The molecule has 0 aliphatic carbocycles. The number of benzene rings is 2. The first-order valence-electron chi connectivity index (χ1n) is 6.55. The van der Waals surface area contributed by atoms with Gasteiger partial charge in [0.15, 0.2) is 6.10 Å². The average Bonchev–Trinajstić information content (AvgIpc) is 2.46. The zero-order valence-corrected chi connectivity index (χ0v) is 12.6. The molecule has 1 atom stereocenters. The molecular formula is C16H17ClN2O2. The van der Waals surface area contributed by atoms with Crippen molar-refractivity contribution in [1.82, 2.24) is 0 Å². The molecule has 1 unspecified atom stereocenters. The van der Waals surface area contributed by atoms with Gasteiger partial charge in [-0.2, -0.15) is 0 Å². The SMILES string of the molecule is Cc1c(Cl)cccc1NC(=O)C(C)Oc1ccc(N)cc1. The van der Waals surface area contributed by atoms with Crippen LogP contribution in [-0.4, -0.2) is 12.0 Å². The van der Waals surface area contributed by atoms with Gasteiger partial charge in [-0.05, 0) is 55.8 Å². The van der Waals surface area contributed by atoms with Crippen LogP contribution in [0.15, 0.2) is 42.5 Å². The van der Waals surface area contributed by atoms with Crippen LogP contribution < -0.4 is 15.8 Å². The van der Waals surface area contributed by atoms with Crippen LogP contribution in [0.3, 0.4) is 0 Å². The third-order valence-corrected chi connectivity index (χ3v) is 3.50. The molecule has 0 saturated heterocycles. The first-order chi connectivity index (χ1) is 9.97. The Balaban J connectivity index is 2.02. The number of nitrogens with two attached hydrogens (primary N) is 1. The highest BCUT2D eigenvalue weighted by Crippen LogP contribution is 2.23. The maximum atomic E-state index is 12.1. The van der Waals surface area contributed by atoms with Crippen LogP contribution >= 0.6 is 11.6 Å². The number of carbonyl (C=O) groups is 1. The minimum Gasteiger partial charge on any atom is -0.481 e. The van der Waals surface area contributed by atoms with Gasteiger partial charge in [-0.1, -0.05) is 17.7 Å². The van der Waals surface area contributed by atoms with Crippen LogP contribution in [0.25, 0.3) is 0 Å². The molecule has 5 heteroatoms. The average molecular weight is 305 g/mol. The summed E-state index contributed by atoms with van der Waals surface area (Å²) in [6.07, 6.45) is -0.632. The monoisotopic (exact) mass is 304 g/mol. The van der Waals surface area contributed by atoms with E-state index < -0.39 is 6.10 Å². The number of rotatable bonds is 4. The van der Waals surface area contributed by atoms with Crippen LogP contribution in [0.1, 0.15) is 12.5 Å². The zero-order chi connectivity index (χ0) is 15.4. The molecule has 0 bridgehead atoms. The van der Waals surface area contributed by atoms with Gasteiger partial charge in [-0.3, -0.25) is 4.79 Å². The van der Waals surface area contributed by atoms with Crippen LogP contribution in [0.4, 0.5) is 11.4 Å². The quantitative estimate of drug-likeness (QED) is 0.848. The lowest BCUT2D eigenvalue weighted by atomic mass is 10.2. The third-order valence-electron chi connectivity index (χ3n) is 3.09. The lowest BCUT2D eigenvalue weighted by molar-refractivity contribution is -0.122. The summed E-state index contributed by atoms with van der Waals surface area (Å²) in [5.41, 5.74) is 7.76. The second-order valence-corrected chi connectivity index (χ2v) is 5.14. The summed E-state index contributed by atoms with van der Waals surface area (Å²) in [5.74, 6) is 0.354. The maximum Gasteiger partial charge on any atom is 0.265 e. The molecule has 0 heterocycles. The standard InChI is InChI=1S/C16H17ClN2O2/c1-10-14(17)4-3-5-15(10)19-16(20)11(2)21-13-8-6-12(18)7-9-13/h3-9,11H,18H2,1-2H3,(H,19,20). The van der Waals surface area contributed by atoms with Crippen molar-refractivity contribution in [3.05, 3.63) is 53.1 Å². The Morgan fingerprint density at radius 1 is 1.24 bits per heavy atom. The Bertz CT molecular complexity index is 641. The Morgan fingerprint density at radius 2 is 1.90 bits per heavy atom. The van der Waals surface area contributed by atoms with Gasteiger partial charge in [-0.25, -0.2) is 0 Å². The third kappa shape index (κ3) is 3.89. The number of nitrogens with one attached hydrogen (secondary N) is 1. The molecule has 0 aromatic heterocycles. The van der Waals surface area contributed by atoms with E-state index in [2.05, 4.69) is 5.32 Å². The summed E-state index contributed by atoms with van der Waals surface area (Å²) >= 11 is 6.03. The minimum absolute atomic E-state index is 0.239. The minimum atomic E-state index is -0.632. The smallest absolute Gasteiger partial charge is 0.265 e. The predicted octanol–water partition coefficient (Wildman–Crippen LogP) is 3.64. The van der Waals surface area contributed by atoms with Gasteiger partial charge in [0.25, 0.3) is 5.91 Å². The maximum absolute atomic E-state index is 12.1. The highest BCUT2D eigenvalue weighted by atomic mass is 35.5. The van der Waals surface area contributed by atoms with E-state index in [-0.39, 0.29) is 5.91 Å². The van der Waals surface area contributed by atoms with Crippen LogP contribution in [0, 0.1) is 6.92 Å². The summed E-state index contributed by atoms with van der Waals surface area (Å²) in [6, 6.07) is 12.3. The van der Waals surface area contributed by atoms with Crippen molar-refractivity contribution < 1.29 is 9.53 Å². The molecule has 1 amide bonds. The summed E-state index contributed by atoms with van der Waals surface area (Å²) in [4.78, 5) is 12.1. The molecule has 2 aromatic carbocycles. The van der Waals surface area contributed by atoms with E-state index in [0.717, 1.165) is 5.56 Å². The van der Waals surface area contributed by atoms with Crippen molar-refractivity contribution in [2.24, 2.45) is 0 Å². The van der Waals surface area contributed by atoms with E-state index in [1.54, 1.807) is 49.4 Å². The lowest BCUT2D eigenvalue weighted by Gasteiger charge is -2.16. The van der Waals surface area contributed by atoms with Crippen molar-refractivity contribution in [3.8, 4) is 5.75 Å². The first-order valence-corrected chi connectivity index (χ1v) is 6.93. The summed E-state index contributed by atoms with van der Waals surface area (Å²) in [5, 5.41) is 3.42. The van der Waals surface area contributed by atoms with Gasteiger partial charge in [0, 0.05) is 16.4 Å². The number of halogens is 1. The molecule has 0 radical (unpaired) electrons. The van der Waals surface area contributed by atoms with Crippen LogP contribution in [0.5, 0.6) is 5.75 Å². The molecule has 0 aliphatic rings. The molecule has 0 spiro atoms. The molecule has 2 aromatic rings. The molecule has 0 saturated carbocycles. The van der Waals surface area contributed by atoms with Gasteiger partial charge in [0.05, 0.1) is 0 Å². The zero-order valence-electron chi connectivity index (χ0n) is 11.9. The molecule has 3 N–H and O–H groups in total. The number of hydrogen-bond donors (Lipinski definition) is 2. The van der Waals surface area contributed by atoms with Crippen LogP contribution in [-0.2, 0) is 4.79 Å². The second-order valence-electron chi connectivity index (χ2n) is 4.73. The normalized spacial score (nSPS) is 11.8. The number of ether oxygens (including phenoxy) is 1. The number of nitrogen functional groups attached to an aromatic ring is 1. The van der Waals surface area contributed by atoms with E-state index >= 15 is 0 Å². The highest BCUT2D eigenvalue weighted by molar-refractivity contribution is 6.31. The van der Waals surface area contributed by atoms with Crippen molar-refractivity contribution in [2.75, 3.05) is 11.1 Å². The Labute approximate surface area is 128 Å². The Morgan fingerprint density at radius 3 is 2.57 bits per heavy atom. The van der Waals surface area contributed by atoms with Crippen molar-refractivity contribution in [1.29, 1.82) is 0 Å². The predicted molar refractivity (Wildman–Crippen MR) is 85.8 cm³/mol. The van der Waals surface area contributed by atoms with Gasteiger partial charge >= 0.3 is 0 Å². The van der Waals surface area contributed by atoms with Crippen molar-refractivity contribution in [2.45, 2.75) is 20.0 Å². The number of amides is 1. The number of anilines is 2. The van der Waals surface area contributed by atoms with Gasteiger partial charge in [0.2, 0.25) is 0 Å². The molecule has 21 heavy (non-hydrogen) atoms. The summed E-state index contributed by atoms with van der Waals surface area (Å²) in [6.45, 7) is 3.54. The number of carbonyl (C=O) groups excluding carboxylic acids is 1. The first kappa shape index (κ1) is 15.2. The lowest BCUT2D eigenvalue weighted by Crippen LogP contribution is -2.30. The molecule has 4 nitrogen and oxygen atoms in total. The second kappa shape index (κ2) is 6.50. The fourth-order valence-corrected chi connectivity index (χ4v) is 1.96. The van der Waals surface area contributed by atoms with E-state index in [9.17, 15) is 4.79 Å². The fraction of sp³-hybridized carbons (Fsp3) is 0.188. The molecule has 0 fully saturated rings. The largest absolute Gasteiger partial charge is 0.481 e. The molecular weight excluding hydrogens is 288 g/mol. The fourth-order valence-electron chi connectivity index (χ4n) is 1.78. The molecule has 0 aliphatic heterocycles. The van der Waals surface area contributed by atoms with E-state index in [0.29, 0.717) is 22.1 Å². The van der Waals surface area contributed by atoms with Crippen molar-refractivity contribution in [3.63, 3.8) is 0 Å². The van der Waals surface area contributed by atoms with E-state index in [1.807, 2.05) is 6.92 Å². The van der Waals surface area contributed by atoms with Gasteiger partial charge < -0.3 is 15.8 Å². The summed E-state index contributed by atoms with van der Waals surface area (Å²) < 4.78 is 5.57. The number of hydrogen-bond acceptors (Lipinski definition) is 3. The Kier molecular flexibility index (Phi) is 4.70. The van der Waals surface area contributed by atoms with Crippen molar-refractivity contribution >= 4 is 28.9 Å². The van der Waals surface area contributed by atoms with Crippen LogP contribution in [0.2, 0.25) is 5.02 Å². The molecule has 110 valence electrons. The highest BCUT2D eigenvalue weighted by Gasteiger charge is 2.16. The Hall–Kier alpha value is -2.20. The van der Waals surface area contributed by atoms with Gasteiger partial charge in [-0.15, -0.1) is 0 Å².